The van der Waals surface area contributed by atoms with E-state index in [1.165, 1.54) is 38.6 Å². The summed E-state index contributed by atoms with van der Waals surface area (Å²) in [5.74, 6) is 0.867. The van der Waals surface area contributed by atoms with Gasteiger partial charge in [-0.25, -0.2) is 0 Å². The highest BCUT2D eigenvalue weighted by Crippen LogP contribution is 2.37. The number of thiophene rings is 1. The first-order chi connectivity index (χ1) is 10.7. The molecule has 0 aromatic carbocycles. The van der Waals surface area contributed by atoms with Crippen molar-refractivity contribution >= 4 is 17.6 Å². The minimum atomic E-state index is -0.721. The van der Waals surface area contributed by atoms with Gasteiger partial charge in [-0.2, -0.15) is 0 Å². The summed E-state index contributed by atoms with van der Waals surface area (Å²) in [5.41, 5.74) is 0.281. The topological polar surface area (TPSA) is 40.5 Å². The molecule has 1 aliphatic carbocycles. The number of nitrogens with zero attached hydrogens (tertiary/aromatic N) is 1. The molecule has 0 radical (unpaired) electrons. The number of aliphatic hydroxyl groups is 1. The number of carbonyl (C=O) groups is 1. The fourth-order valence-corrected chi connectivity index (χ4v) is 5.02. The molecule has 1 aliphatic heterocycles. The van der Waals surface area contributed by atoms with E-state index >= 15 is 0 Å². The Bertz CT molecular complexity index is 485. The normalized spacial score (nSPS) is 23.5. The van der Waals surface area contributed by atoms with Gasteiger partial charge in [0.2, 0.25) is 0 Å². The number of piperidine rings is 1. The van der Waals surface area contributed by atoms with E-state index in [2.05, 4.69) is 4.90 Å². The molecule has 0 spiro atoms. The molecule has 4 heteroatoms. The predicted molar refractivity (Wildman–Crippen MR) is 90.2 cm³/mol. The Kier molecular flexibility index (Phi) is 5.32. The number of aldehydes is 1. The van der Waals surface area contributed by atoms with Crippen molar-refractivity contribution in [2.75, 3.05) is 19.6 Å². The molecule has 3 nitrogen and oxygen atoms in total. The Balaban J connectivity index is 1.57. The number of hydrogen-bond donors (Lipinski definition) is 1. The van der Waals surface area contributed by atoms with Gasteiger partial charge in [-0.3, -0.25) is 0 Å². The molecule has 22 heavy (non-hydrogen) atoms. The van der Waals surface area contributed by atoms with E-state index < -0.39 is 5.60 Å². The molecule has 2 heterocycles. The van der Waals surface area contributed by atoms with E-state index in [-0.39, 0.29) is 0 Å². The van der Waals surface area contributed by atoms with Gasteiger partial charge in [0.25, 0.3) is 0 Å². The van der Waals surface area contributed by atoms with E-state index in [1.807, 2.05) is 11.4 Å². The van der Waals surface area contributed by atoms with Gasteiger partial charge in [0.15, 0.2) is 0 Å². The maximum absolute atomic E-state index is 11.0. The monoisotopic (exact) mass is 321 g/mol. The first kappa shape index (κ1) is 16.2. The standard InChI is InChI=1S/C18H27NO2S/c20-12-6-17-16(7-13-22-17)18(21)8-10-19(11-9-18)14-15-4-2-1-3-5-15/h7,12-13,15,21H,1-6,8-11,14H2. The fraction of sp³-hybridized carbons (Fsp3) is 0.722. The third kappa shape index (κ3) is 3.61. The van der Waals surface area contributed by atoms with Crippen LogP contribution in [0.25, 0.3) is 0 Å². The van der Waals surface area contributed by atoms with Gasteiger partial charge in [0.1, 0.15) is 6.29 Å². The molecule has 0 atom stereocenters. The minimum absolute atomic E-state index is 0.432. The van der Waals surface area contributed by atoms with Crippen molar-refractivity contribution in [3.8, 4) is 0 Å². The van der Waals surface area contributed by atoms with Crippen LogP contribution in [-0.2, 0) is 16.8 Å². The molecule has 0 unspecified atom stereocenters. The number of hydrogen-bond acceptors (Lipinski definition) is 4. The van der Waals surface area contributed by atoms with Crippen molar-refractivity contribution in [3.05, 3.63) is 21.9 Å². The van der Waals surface area contributed by atoms with E-state index in [0.717, 1.165) is 48.6 Å². The van der Waals surface area contributed by atoms with Crippen molar-refractivity contribution in [3.63, 3.8) is 0 Å². The van der Waals surface area contributed by atoms with Crippen molar-refractivity contribution in [1.82, 2.24) is 4.90 Å². The summed E-state index contributed by atoms with van der Waals surface area (Å²) in [4.78, 5) is 14.4. The summed E-state index contributed by atoms with van der Waals surface area (Å²) in [5, 5.41) is 13.0. The third-order valence-corrected chi connectivity index (χ3v) is 6.38. The van der Waals surface area contributed by atoms with Crippen LogP contribution in [0.1, 0.15) is 55.4 Å². The zero-order chi connectivity index (χ0) is 15.4. The van der Waals surface area contributed by atoms with Crippen LogP contribution in [0.2, 0.25) is 0 Å². The summed E-state index contributed by atoms with van der Waals surface area (Å²) in [6.07, 6.45) is 9.93. The summed E-state index contributed by atoms with van der Waals surface area (Å²) < 4.78 is 0. The molecular weight excluding hydrogens is 294 g/mol. The summed E-state index contributed by atoms with van der Waals surface area (Å²) in [7, 11) is 0. The van der Waals surface area contributed by atoms with Crippen LogP contribution in [0.3, 0.4) is 0 Å². The molecule has 0 amide bonds. The highest BCUT2D eigenvalue weighted by Gasteiger charge is 2.36. The van der Waals surface area contributed by atoms with Gasteiger partial charge in [-0.05, 0) is 48.6 Å². The van der Waals surface area contributed by atoms with Gasteiger partial charge >= 0.3 is 0 Å². The first-order valence-electron chi connectivity index (χ1n) is 8.66. The van der Waals surface area contributed by atoms with Crippen molar-refractivity contribution in [1.29, 1.82) is 0 Å². The van der Waals surface area contributed by atoms with Crippen LogP contribution in [0.15, 0.2) is 11.4 Å². The first-order valence-corrected chi connectivity index (χ1v) is 9.54. The van der Waals surface area contributed by atoms with Gasteiger partial charge < -0.3 is 14.8 Å². The molecule has 1 aromatic rings. The van der Waals surface area contributed by atoms with Gasteiger partial charge in [0.05, 0.1) is 5.60 Å². The second-order valence-corrected chi connectivity index (χ2v) is 7.97. The fourth-order valence-electron chi connectivity index (χ4n) is 4.10. The molecule has 1 N–H and O–H groups in total. The van der Waals surface area contributed by atoms with E-state index in [9.17, 15) is 9.90 Å². The van der Waals surface area contributed by atoms with Gasteiger partial charge in [0, 0.05) is 30.9 Å². The van der Waals surface area contributed by atoms with Crippen LogP contribution >= 0.6 is 11.3 Å². The molecule has 1 saturated heterocycles. The number of carbonyl (C=O) groups excluding carboxylic acids is 1. The lowest BCUT2D eigenvalue weighted by atomic mass is 9.83. The molecule has 0 bridgehead atoms. The largest absolute Gasteiger partial charge is 0.385 e. The highest BCUT2D eigenvalue weighted by molar-refractivity contribution is 7.10. The van der Waals surface area contributed by atoms with Crippen LogP contribution in [-0.4, -0.2) is 35.9 Å². The summed E-state index contributed by atoms with van der Waals surface area (Å²) in [6, 6.07) is 2.01. The SMILES string of the molecule is O=CCc1sccc1C1(O)CCN(CC2CCCCC2)CC1. The molecule has 3 rings (SSSR count). The highest BCUT2D eigenvalue weighted by atomic mass is 32.1. The van der Waals surface area contributed by atoms with Crippen LogP contribution < -0.4 is 0 Å². The Morgan fingerprint density at radius 3 is 2.68 bits per heavy atom. The summed E-state index contributed by atoms with van der Waals surface area (Å²) in [6.45, 7) is 3.16. The predicted octanol–water partition coefficient (Wildman–Crippen LogP) is 3.35. The van der Waals surface area contributed by atoms with E-state index in [0.29, 0.717) is 6.42 Å². The molecule has 2 fully saturated rings. The van der Waals surface area contributed by atoms with Crippen LogP contribution in [0.5, 0.6) is 0 Å². The third-order valence-electron chi connectivity index (χ3n) is 5.44. The Morgan fingerprint density at radius 2 is 2.00 bits per heavy atom. The van der Waals surface area contributed by atoms with Crippen molar-refractivity contribution in [2.45, 2.75) is 57.0 Å². The van der Waals surface area contributed by atoms with Crippen molar-refractivity contribution in [2.24, 2.45) is 5.92 Å². The minimum Gasteiger partial charge on any atom is -0.385 e. The van der Waals surface area contributed by atoms with Gasteiger partial charge in [-0.1, -0.05) is 19.3 Å². The molecule has 1 aromatic heterocycles. The quantitative estimate of drug-likeness (QED) is 0.846. The molecular formula is C18H27NO2S. The Labute approximate surface area is 137 Å². The Morgan fingerprint density at radius 1 is 1.27 bits per heavy atom. The van der Waals surface area contributed by atoms with E-state index in [1.54, 1.807) is 11.3 Å². The zero-order valence-corrected chi connectivity index (χ0v) is 14.1. The van der Waals surface area contributed by atoms with Crippen molar-refractivity contribution < 1.29 is 9.90 Å². The number of rotatable bonds is 5. The van der Waals surface area contributed by atoms with Crippen LogP contribution in [0, 0.1) is 5.92 Å². The second-order valence-electron chi connectivity index (χ2n) is 6.96. The summed E-state index contributed by atoms with van der Waals surface area (Å²) >= 11 is 1.59. The lowest BCUT2D eigenvalue weighted by Crippen LogP contribution is -2.44. The lowest BCUT2D eigenvalue weighted by Gasteiger charge is -2.40. The average Bonchev–Trinajstić information content (AvgIpc) is 3.00. The molecule has 1 saturated carbocycles. The average molecular weight is 321 g/mol. The molecule has 2 aliphatic rings. The molecule has 122 valence electrons. The van der Waals surface area contributed by atoms with Gasteiger partial charge in [-0.15, -0.1) is 11.3 Å². The number of likely N-dealkylation sites (tertiary alicyclic amines) is 1. The maximum Gasteiger partial charge on any atom is 0.125 e. The smallest absolute Gasteiger partial charge is 0.125 e. The lowest BCUT2D eigenvalue weighted by molar-refractivity contribution is -0.107. The Hall–Kier alpha value is -0.710. The second kappa shape index (κ2) is 7.24. The maximum atomic E-state index is 11.0. The van der Waals surface area contributed by atoms with Crippen LogP contribution in [0.4, 0.5) is 0 Å². The zero-order valence-electron chi connectivity index (χ0n) is 13.3. The van der Waals surface area contributed by atoms with E-state index in [4.69, 9.17) is 0 Å².